The molecule has 0 spiro atoms. The van der Waals surface area contributed by atoms with Crippen LogP contribution in [-0.4, -0.2) is 0 Å². The van der Waals surface area contributed by atoms with Crippen molar-refractivity contribution in [3.05, 3.63) is 29.3 Å². The third-order valence-corrected chi connectivity index (χ3v) is 4.86. The maximum absolute atomic E-state index is 12.9. The average molecular weight is 282 g/mol. The van der Waals surface area contributed by atoms with E-state index < -0.39 is 39.5 Å². The summed E-state index contributed by atoms with van der Waals surface area (Å²) in [6, 6.07) is 1.41. The van der Waals surface area contributed by atoms with Gasteiger partial charge in [-0.25, -0.2) is 0 Å². The first-order chi connectivity index (χ1) is 6.38. The van der Waals surface area contributed by atoms with E-state index in [-0.39, 0.29) is 4.16 Å². The van der Waals surface area contributed by atoms with Crippen LogP contribution < -0.4 is 4.16 Å². The molecular formula is C7H2ClF5Zn+. The minimum absolute atomic E-state index is 0.107. The molecule has 0 aliphatic rings. The second-order valence-electron chi connectivity index (χ2n) is 2.53. The normalized spacial score (nSPS) is 11.3. The first-order valence-corrected chi connectivity index (χ1v) is 8.86. The van der Waals surface area contributed by atoms with Crippen molar-refractivity contribution >= 4 is 13.8 Å². The van der Waals surface area contributed by atoms with E-state index in [2.05, 4.69) is 0 Å². The predicted molar refractivity (Wildman–Crippen MR) is 36.8 cm³/mol. The van der Waals surface area contributed by atoms with Crippen molar-refractivity contribution in [1.29, 1.82) is 0 Å². The van der Waals surface area contributed by atoms with Gasteiger partial charge in [-0.15, -0.1) is 0 Å². The molecule has 0 amide bonds. The van der Waals surface area contributed by atoms with E-state index in [9.17, 15) is 22.0 Å². The zero-order valence-corrected chi connectivity index (χ0v) is 10.4. The van der Waals surface area contributed by atoms with Crippen LogP contribution in [0.3, 0.4) is 0 Å². The van der Waals surface area contributed by atoms with Crippen molar-refractivity contribution in [2.45, 2.75) is 6.18 Å². The Morgan fingerprint density at radius 2 is 1.64 bits per heavy atom. The Labute approximate surface area is 87.7 Å². The van der Waals surface area contributed by atoms with Crippen LogP contribution in [0.2, 0.25) is 0 Å². The molecule has 0 unspecified atom stereocenters. The van der Waals surface area contributed by atoms with Gasteiger partial charge < -0.3 is 0 Å². The van der Waals surface area contributed by atoms with Gasteiger partial charge >= 0.3 is 87.4 Å². The van der Waals surface area contributed by atoms with Gasteiger partial charge in [-0.05, 0) is 0 Å². The second kappa shape index (κ2) is 4.11. The summed E-state index contributed by atoms with van der Waals surface area (Å²) in [6.07, 6.45) is -4.87. The van der Waals surface area contributed by atoms with Crippen LogP contribution in [0.4, 0.5) is 22.0 Å². The molecule has 0 atom stereocenters. The number of alkyl halides is 3. The standard InChI is InChI=1S/C7H2F5.ClH.Zn/c8-5-3-1-2-4(6(5)9)7(10,11)12;;/h1-2H;1H;/q;;+2/p-1. The van der Waals surface area contributed by atoms with E-state index in [1.165, 1.54) is 0 Å². The number of halogens is 6. The summed E-state index contributed by atoms with van der Waals surface area (Å²) in [5.74, 6) is -3.32. The number of rotatable bonds is 1. The SMILES string of the molecule is Fc1[c]([Zn+][Cl])ccc(C(F)(F)F)c1F. The molecule has 0 nitrogen and oxygen atoms in total. The fraction of sp³-hybridized carbons (Fsp3) is 0.143. The van der Waals surface area contributed by atoms with Crippen LogP contribution in [-0.2, 0) is 22.3 Å². The van der Waals surface area contributed by atoms with Gasteiger partial charge in [0.25, 0.3) is 0 Å². The van der Waals surface area contributed by atoms with Gasteiger partial charge in [0.2, 0.25) is 0 Å². The first kappa shape index (κ1) is 11.9. The van der Waals surface area contributed by atoms with Crippen molar-refractivity contribution in [1.82, 2.24) is 0 Å². The molecule has 0 heterocycles. The summed E-state index contributed by atoms with van der Waals surface area (Å²) >= 11 is -1.93. The van der Waals surface area contributed by atoms with Crippen LogP contribution >= 0.6 is 9.69 Å². The predicted octanol–water partition coefficient (Wildman–Crippen LogP) is 2.85. The van der Waals surface area contributed by atoms with E-state index in [1.54, 1.807) is 0 Å². The zero-order chi connectivity index (χ0) is 10.9. The number of hydrogen-bond donors (Lipinski definition) is 0. The Balaban J connectivity index is 3.31. The third kappa shape index (κ3) is 2.23. The average Bonchev–Trinajstić information content (AvgIpc) is 2.07. The van der Waals surface area contributed by atoms with Crippen LogP contribution in [0, 0.1) is 11.6 Å². The minimum atomic E-state index is -4.87. The first-order valence-electron chi connectivity index (χ1n) is 3.48. The van der Waals surface area contributed by atoms with E-state index in [1.807, 2.05) is 0 Å². The molecule has 1 aromatic carbocycles. The van der Waals surface area contributed by atoms with Crippen molar-refractivity contribution in [2.24, 2.45) is 0 Å². The van der Waals surface area contributed by atoms with Gasteiger partial charge in [0.1, 0.15) is 0 Å². The van der Waals surface area contributed by atoms with Gasteiger partial charge in [0.05, 0.1) is 0 Å². The summed E-state index contributed by atoms with van der Waals surface area (Å²) in [4.78, 5) is 0. The molecule has 0 aromatic heterocycles. The zero-order valence-electron chi connectivity index (χ0n) is 6.63. The Kier molecular flexibility index (Phi) is 3.48. The molecule has 1 aromatic rings. The van der Waals surface area contributed by atoms with Crippen molar-refractivity contribution < 1.29 is 38.1 Å². The Morgan fingerprint density at radius 1 is 1.07 bits per heavy atom. The van der Waals surface area contributed by atoms with Crippen molar-refractivity contribution in [3.63, 3.8) is 0 Å². The van der Waals surface area contributed by atoms with Gasteiger partial charge in [-0.3, -0.25) is 0 Å². The number of hydrogen-bond acceptors (Lipinski definition) is 0. The third-order valence-electron chi connectivity index (χ3n) is 1.61. The second-order valence-corrected chi connectivity index (χ2v) is 6.08. The van der Waals surface area contributed by atoms with Crippen LogP contribution in [0.1, 0.15) is 5.56 Å². The summed E-state index contributed by atoms with van der Waals surface area (Å²) in [6.45, 7) is 0. The molecule has 0 N–H and O–H groups in total. The summed E-state index contributed by atoms with van der Waals surface area (Å²) in [5, 5.41) is 0. The summed E-state index contributed by atoms with van der Waals surface area (Å²) in [7, 11) is 5.37. The van der Waals surface area contributed by atoms with Crippen molar-refractivity contribution in [3.8, 4) is 0 Å². The molecule has 0 radical (unpaired) electrons. The molecule has 0 aliphatic carbocycles. The van der Waals surface area contributed by atoms with E-state index in [0.717, 1.165) is 6.07 Å². The van der Waals surface area contributed by atoms with Gasteiger partial charge in [0.15, 0.2) is 0 Å². The maximum atomic E-state index is 12.9. The van der Waals surface area contributed by atoms with Gasteiger partial charge in [-0.2, -0.15) is 0 Å². The fourth-order valence-corrected chi connectivity index (χ4v) is 2.99. The molecule has 0 saturated heterocycles. The van der Waals surface area contributed by atoms with E-state index in [0.29, 0.717) is 6.07 Å². The molecule has 0 fully saturated rings. The fourth-order valence-electron chi connectivity index (χ4n) is 0.912. The quantitative estimate of drug-likeness (QED) is 0.549. The van der Waals surface area contributed by atoms with Gasteiger partial charge in [-0.1, -0.05) is 0 Å². The Hall–Kier alpha value is -0.217. The van der Waals surface area contributed by atoms with E-state index >= 15 is 0 Å². The molecule has 14 heavy (non-hydrogen) atoms. The van der Waals surface area contributed by atoms with Crippen LogP contribution in [0.15, 0.2) is 12.1 Å². The molecule has 7 heteroatoms. The molecule has 0 bridgehead atoms. The Bertz CT molecular complexity index is 349. The Morgan fingerprint density at radius 3 is 2.07 bits per heavy atom. The van der Waals surface area contributed by atoms with Crippen LogP contribution in [0.25, 0.3) is 0 Å². The molecule has 1 rings (SSSR count). The molecular weight excluding hydrogens is 280 g/mol. The van der Waals surface area contributed by atoms with E-state index in [4.69, 9.17) is 9.69 Å². The summed E-state index contributed by atoms with van der Waals surface area (Å²) in [5.41, 5.74) is -1.59. The molecule has 0 saturated carbocycles. The van der Waals surface area contributed by atoms with Gasteiger partial charge in [0, 0.05) is 0 Å². The van der Waals surface area contributed by atoms with Crippen molar-refractivity contribution in [2.75, 3.05) is 0 Å². The molecule has 73 valence electrons. The molecule has 0 aliphatic heterocycles. The number of benzene rings is 1. The topological polar surface area (TPSA) is 0 Å². The monoisotopic (exact) mass is 280 g/mol. The summed E-state index contributed by atoms with van der Waals surface area (Å²) < 4.78 is 61.7. The van der Waals surface area contributed by atoms with Crippen LogP contribution in [0.5, 0.6) is 0 Å².